The number of aryl methyl sites for hydroxylation is 1. The Morgan fingerprint density at radius 3 is 2.54 bits per heavy atom. The highest BCUT2D eigenvalue weighted by Crippen LogP contribution is 2.32. The largest absolute Gasteiger partial charge is 0.497 e. The summed E-state index contributed by atoms with van der Waals surface area (Å²) in [6.07, 6.45) is 1.81. The second-order valence-corrected chi connectivity index (χ2v) is 10.5. The molecule has 6 rings (SSSR count). The number of anilines is 4. The predicted octanol–water partition coefficient (Wildman–Crippen LogP) is 6.45. The van der Waals surface area contributed by atoms with Crippen molar-refractivity contribution in [2.45, 2.75) is 26.3 Å². The number of piperazine rings is 1. The summed E-state index contributed by atoms with van der Waals surface area (Å²) in [4.78, 5) is 18.8. The molecular formula is C31H32N6O2. The molecular weight excluding hydrogens is 488 g/mol. The third kappa shape index (κ3) is 4.97. The van der Waals surface area contributed by atoms with Crippen molar-refractivity contribution in [1.29, 1.82) is 0 Å². The van der Waals surface area contributed by atoms with Crippen LogP contribution in [0.1, 0.15) is 19.4 Å². The fourth-order valence-electron chi connectivity index (χ4n) is 5.16. The maximum Gasteiger partial charge on any atom is 0.227 e. The number of nitrogens with zero attached hydrogens (tertiary/aromatic N) is 5. The monoisotopic (exact) mass is 520 g/mol. The van der Waals surface area contributed by atoms with Crippen LogP contribution in [0.25, 0.3) is 22.6 Å². The first kappa shape index (κ1) is 24.7. The third-order valence-corrected chi connectivity index (χ3v) is 7.25. The Morgan fingerprint density at radius 1 is 0.949 bits per heavy atom. The standard InChI is InChI=1S/C31H32N6O2/c1-21-9-10-22(29-34-25-7-5-6-8-27(25)39-29)19-26(21)33-28-15-16-32-30(35-28)36-17-18-37(31(2,3)20-36)23-11-13-24(38-4)14-12-23/h5-16,19H,17-18,20H2,1-4H3,(H,32,33,35). The molecule has 1 N–H and O–H groups in total. The van der Waals surface area contributed by atoms with Crippen LogP contribution in [0.15, 0.2) is 83.4 Å². The van der Waals surface area contributed by atoms with Gasteiger partial charge < -0.3 is 24.3 Å². The molecule has 0 saturated carbocycles. The van der Waals surface area contributed by atoms with Crippen LogP contribution in [0, 0.1) is 6.92 Å². The second-order valence-electron chi connectivity index (χ2n) is 10.5. The van der Waals surface area contributed by atoms with Gasteiger partial charge in [0.25, 0.3) is 0 Å². The number of aromatic nitrogens is 3. The van der Waals surface area contributed by atoms with Crippen molar-refractivity contribution in [1.82, 2.24) is 15.0 Å². The second kappa shape index (κ2) is 9.94. The van der Waals surface area contributed by atoms with Crippen molar-refractivity contribution in [2.75, 3.05) is 41.9 Å². The summed E-state index contributed by atoms with van der Waals surface area (Å²) in [6, 6.07) is 24.1. The Labute approximate surface area is 228 Å². The number of methoxy groups -OCH3 is 1. The van der Waals surface area contributed by atoms with Gasteiger partial charge in [0.15, 0.2) is 5.58 Å². The minimum Gasteiger partial charge on any atom is -0.497 e. The summed E-state index contributed by atoms with van der Waals surface area (Å²) in [5, 5.41) is 3.49. The zero-order valence-corrected chi connectivity index (χ0v) is 22.7. The Bertz CT molecular complexity index is 1580. The van der Waals surface area contributed by atoms with E-state index in [0.717, 1.165) is 65.1 Å². The number of hydrogen-bond acceptors (Lipinski definition) is 8. The molecule has 2 aromatic heterocycles. The normalized spacial score (nSPS) is 15.0. The molecule has 8 nitrogen and oxygen atoms in total. The fourth-order valence-corrected chi connectivity index (χ4v) is 5.16. The van der Waals surface area contributed by atoms with Gasteiger partial charge in [0.2, 0.25) is 11.8 Å². The molecule has 39 heavy (non-hydrogen) atoms. The van der Waals surface area contributed by atoms with Crippen molar-refractivity contribution >= 4 is 34.2 Å². The van der Waals surface area contributed by atoms with E-state index in [9.17, 15) is 0 Å². The lowest BCUT2D eigenvalue weighted by Gasteiger charge is -2.48. The number of para-hydroxylation sites is 2. The average molecular weight is 521 g/mol. The molecule has 8 heteroatoms. The smallest absolute Gasteiger partial charge is 0.227 e. The summed E-state index contributed by atoms with van der Waals surface area (Å²) in [5.74, 6) is 2.92. The minimum atomic E-state index is -0.107. The summed E-state index contributed by atoms with van der Waals surface area (Å²) in [5.41, 5.74) is 5.66. The van der Waals surface area contributed by atoms with E-state index in [-0.39, 0.29) is 5.54 Å². The Hall–Kier alpha value is -4.59. The number of oxazole rings is 1. The molecule has 3 heterocycles. The van der Waals surface area contributed by atoms with Gasteiger partial charge in [-0.2, -0.15) is 4.98 Å². The number of fused-ring (bicyclic) bond motifs is 1. The van der Waals surface area contributed by atoms with Gasteiger partial charge in [0, 0.05) is 42.8 Å². The van der Waals surface area contributed by atoms with Crippen molar-refractivity contribution in [3.05, 3.63) is 84.6 Å². The number of benzene rings is 3. The maximum atomic E-state index is 5.99. The number of nitrogens with one attached hydrogen (secondary N) is 1. The van der Waals surface area contributed by atoms with Gasteiger partial charge in [0.1, 0.15) is 17.1 Å². The lowest BCUT2D eigenvalue weighted by Crippen LogP contribution is -2.60. The summed E-state index contributed by atoms with van der Waals surface area (Å²) >= 11 is 0. The molecule has 1 fully saturated rings. The van der Waals surface area contributed by atoms with E-state index in [0.29, 0.717) is 5.89 Å². The number of ether oxygens (including phenoxy) is 1. The van der Waals surface area contributed by atoms with Crippen molar-refractivity contribution in [3.8, 4) is 17.2 Å². The molecule has 1 saturated heterocycles. The van der Waals surface area contributed by atoms with Gasteiger partial charge in [-0.05, 0) is 80.9 Å². The van der Waals surface area contributed by atoms with Gasteiger partial charge >= 0.3 is 0 Å². The molecule has 1 aliphatic heterocycles. The fraction of sp³-hybridized carbons (Fsp3) is 0.258. The van der Waals surface area contributed by atoms with Crippen LogP contribution >= 0.6 is 0 Å². The SMILES string of the molecule is COc1ccc(N2CCN(c3nccc(Nc4cc(-c5nc6ccccc6o5)ccc4C)n3)CC2(C)C)cc1. The molecule has 198 valence electrons. The molecule has 0 aliphatic carbocycles. The van der Waals surface area contributed by atoms with Crippen LogP contribution in [0.2, 0.25) is 0 Å². The zero-order valence-electron chi connectivity index (χ0n) is 22.7. The predicted molar refractivity (Wildman–Crippen MR) is 156 cm³/mol. The van der Waals surface area contributed by atoms with Crippen LogP contribution in [0.4, 0.5) is 23.1 Å². The van der Waals surface area contributed by atoms with Gasteiger partial charge in [-0.1, -0.05) is 18.2 Å². The Morgan fingerprint density at radius 2 is 1.77 bits per heavy atom. The molecule has 3 aromatic carbocycles. The summed E-state index contributed by atoms with van der Waals surface area (Å²) < 4.78 is 11.3. The van der Waals surface area contributed by atoms with E-state index >= 15 is 0 Å². The maximum absolute atomic E-state index is 5.99. The lowest BCUT2D eigenvalue weighted by atomic mass is 9.98. The topological polar surface area (TPSA) is 79.5 Å². The van der Waals surface area contributed by atoms with Crippen LogP contribution in [0.5, 0.6) is 5.75 Å². The van der Waals surface area contributed by atoms with Gasteiger partial charge in [-0.15, -0.1) is 0 Å². The molecule has 0 amide bonds. The van der Waals surface area contributed by atoms with Gasteiger partial charge in [-0.25, -0.2) is 9.97 Å². The van der Waals surface area contributed by atoms with E-state index < -0.39 is 0 Å². The highest BCUT2D eigenvalue weighted by molar-refractivity contribution is 5.77. The average Bonchev–Trinajstić information content (AvgIpc) is 3.38. The minimum absolute atomic E-state index is 0.107. The first-order chi connectivity index (χ1) is 18.9. The Kier molecular flexibility index (Phi) is 6.30. The highest BCUT2D eigenvalue weighted by Gasteiger charge is 2.35. The van der Waals surface area contributed by atoms with Crippen LogP contribution in [0.3, 0.4) is 0 Å². The van der Waals surface area contributed by atoms with E-state index in [1.165, 1.54) is 5.69 Å². The first-order valence-corrected chi connectivity index (χ1v) is 13.1. The first-order valence-electron chi connectivity index (χ1n) is 13.1. The van der Waals surface area contributed by atoms with Crippen LogP contribution in [-0.4, -0.2) is 47.2 Å². The Balaban J connectivity index is 1.20. The molecule has 0 bridgehead atoms. The lowest BCUT2D eigenvalue weighted by molar-refractivity contribution is 0.408. The van der Waals surface area contributed by atoms with Gasteiger partial charge in [-0.3, -0.25) is 0 Å². The summed E-state index contributed by atoms with van der Waals surface area (Å²) in [6.45, 7) is 9.08. The molecule has 5 aromatic rings. The van der Waals surface area contributed by atoms with E-state index in [1.807, 2.05) is 54.7 Å². The number of hydrogen-bond donors (Lipinski definition) is 1. The quantitative estimate of drug-likeness (QED) is 0.274. The number of rotatable bonds is 6. The van der Waals surface area contributed by atoms with E-state index in [1.54, 1.807) is 7.11 Å². The molecule has 0 spiro atoms. The van der Waals surface area contributed by atoms with Crippen molar-refractivity contribution < 1.29 is 9.15 Å². The van der Waals surface area contributed by atoms with Crippen molar-refractivity contribution in [2.24, 2.45) is 0 Å². The van der Waals surface area contributed by atoms with E-state index in [2.05, 4.69) is 70.1 Å². The molecule has 0 unspecified atom stereocenters. The molecule has 0 radical (unpaired) electrons. The zero-order chi connectivity index (χ0) is 27.0. The van der Waals surface area contributed by atoms with Crippen molar-refractivity contribution in [3.63, 3.8) is 0 Å². The van der Waals surface area contributed by atoms with Gasteiger partial charge in [0.05, 0.1) is 12.6 Å². The van der Waals surface area contributed by atoms with Crippen LogP contribution < -0.4 is 19.9 Å². The van der Waals surface area contributed by atoms with Crippen LogP contribution in [-0.2, 0) is 0 Å². The third-order valence-electron chi connectivity index (χ3n) is 7.25. The van der Waals surface area contributed by atoms with E-state index in [4.69, 9.17) is 14.1 Å². The highest BCUT2D eigenvalue weighted by atomic mass is 16.5. The molecule has 0 atom stereocenters. The molecule has 1 aliphatic rings. The summed E-state index contributed by atoms with van der Waals surface area (Å²) in [7, 11) is 1.69.